The molecule has 1 aromatic heterocycles. The lowest BCUT2D eigenvalue weighted by molar-refractivity contribution is 0.416. The maximum atomic E-state index is 4.70. The van der Waals surface area contributed by atoms with Crippen molar-refractivity contribution in [3.8, 4) is 0 Å². The number of pyridine rings is 1. The third-order valence-electron chi connectivity index (χ3n) is 3.20. The van der Waals surface area contributed by atoms with E-state index in [2.05, 4.69) is 62.2 Å². The van der Waals surface area contributed by atoms with Crippen molar-refractivity contribution in [2.24, 2.45) is 0 Å². The van der Waals surface area contributed by atoms with E-state index in [1.807, 2.05) is 0 Å². The van der Waals surface area contributed by atoms with E-state index in [9.17, 15) is 0 Å². The summed E-state index contributed by atoms with van der Waals surface area (Å²) in [5.74, 6) is 1.05. The molecule has 0 unspecified atom stereocenters. The van der Waals surface area contributed by atoms with Crippen molar-refractivity contribution in [1.29, 1.82) is 0 Å². The van der Waals surface area contributed by atoms with Crippen LogP contribution < -0.4 is 10.2 Å². The molecule has 0 bridgehead atoms. The molecule has 0 amide bonds. The van der Waals surface area contributed by atoms with Crippen molar-refractivity contribution < 1.29 is 0 Å². The van der Waals surface area contributed by atoms with Gasteiger partial charge in [-0.15, -0.1) is 0 Å². The number of aryl methyl sites for hydroxylation is 1. The van der Waals surface area contributed by atoms with Gasteiger partial charge in [0.1, 0.15) is 5.82 Å². The first-order chi connectivity index (χ1) is 9.04. The van der Waals surface area contributed by atoms with Gasteiger partial charge in [0, 0.05) is 32.4 Å². The molecule has 0 atom stereocenters. The highest BCUT2D eigenvalue weighted by Gasteiger charge is 2.06. The minimum atomic E-state index is 0.911. The molecular formula is C15H28N4. The molecule has 1 rings (SSSR count). The largest absolute Gasteiger partial charge is 0.358 e. The van der Waals surface area contributed by atoms with Crippen molar-refractivity contribution >= 4 is 5.82 Å². The Labute approximate surface area is 117 Å². The summed E-state index contributed by atoms with van der Waals surface area (Å²) >= 11 is 0. The highest BCUT2D eigenvalue weighted by atomic mass is 15.2. The highest BCUT2D eigenvalue weighted by molar-refractivity contribution is 5.40. The van der Waals surface area contributed by atoms with Gasteiger partial charge in [-0.05, 0) is 45.6 Å². The first-order valence-electron chi connectivity index (χ1n) is 7.07. The Morgan fingerprint density at radius 1 is 1.16 bits per heavy atom. The third kappa shape index (κ3) is 5.57. The zero-order valence-corrected chi connectivity index (χ0v) is 13.0. The van der Waals surface area contributed by atoms with E-state index < -0.39 is 0 Å². The van der Waals surface area contributed by atoms with E-state index >= 15 is 0 Å². The summed E-state index contributed by atoms with van der Waals surface area (Å²) in [7, 11) is 6.28. The van der Waals surface area contributed by atoms with E-state index in [0.717, 1.165) is 44.1 Å². The molecular weight excluding hydrogens is 236 g/mol. The quantitative estimate of drug-likeness (QED) is 0.727. The molecule has 0 saturated heterocycles. The Kier molecular flexibility index (Phi) is 6.81. The predicted molar refractivity (Wildman–Crippen MR) is 82.8 cm³/mol. The second-order valence-electron chi connectivity index (χ2n) is 5.32. The van der Waals surface area contributed by atoms with Crippen molar-refractivity contribution in [3.63, 3.8) is 0 Å². The Morgan fingerprint density at radius 3 is 2.47 bits per heavy atom. The van der Waals surface area contributed by atoms with Crippen LogP contribution in [0.25, 0.3) is 0 Å². The Balaban J connectivity index is 2.59. The predicted octanol–water partition coefficient (Wildman–Crippen LogP) is 1.89. The number of aromatic nitrogens is 1. The van der Waals surface area contributed by atoms with E-state index in [0.29, 0.717) is 0 Å². The lowest BCUT2D eigenvalue weighted by Crippen LogP contribution is -2.29. The molecule has 4 heteroatoms. The average Bonchev–Trinajstić information content (AvgIpc) is 2.38. The van der Waals surface area contributed by atoms with Crippen LogP contribution in [-0.4, -0.2) is 50.7 Å². The first kappa shape index (κ1) is 15.9. The molecule has 0 aromatic carbocycles. The summed E-state index contributed by atoms with van der Waals surface area (Å²) < 4.78 is 0. The first-order valence-corrected chi connectivity index (χ1v) is 7.07. The van der Waals surface area contributed by atoms with Crippen molar-refractivity contribution in [1.82, 2.24) is 15.2 Å². The second kappa shape index (κ2) is 8.12. The topological polar surface area (TPSA) is 31.4 Å². The summed E-state index contributed by atoms with van der Waals surface area (Å²) in [4.78, 5) is 9.09. The van der Waals surface area contributed by atoms with Crippen LogP contribution in [0.2, 0.25) is 0 Å². The van der Waals surface area contributed by atoms with Gasteiger partial charge in [-0.1, -0.05) is 13.0 Å². The summed E-state index contributed by atoms with van der Waals surface area (Å²) in [5.41, 5.74) is 2.41. The van der Waals surface area contributed by atoms with Gasteiger partial charge in [-0.25, -0.2) is 4.98 Å². The average molecular weight is 264 g/mol. The summed E-state index contributed by atoms with van der Waals surface area (Å²) in [6.45, 7) is 8.27. The SMILES string of the molecule is CCCNCc1ccc(N(C)CCN(C)C)nc1C. The normalized spacial score (nSPS) is 11.1. The van der Waals surface area contributed by atoms with Gasteiger partial charge < -0.3 is 15.1 Å². The van der Waals surface area contributed by atoms with E-state index in [-0.39, 0.29) is 0 Å². The molecule has 1 heterocycles. The number of rotatable bonds is 8. The van der Waals surface area contributed by atoms with Crippen LogP contribution in [0.15, 0.2) is 12.1 Å². The molecule has 0 spiro atoms. The monoisotopic (exact) mass is 264 g/mol. The highest BCUT2D eigenvalue weighted by Crippen LogP contribution is 2.13. The van der Waals surface area contributed by atoms with E-state index in [1.54, 1.807) is 0 Å². The maximum absolute atomic E-state index is 4.70. The minimum Gasteiger partial charge on any atom is -0.358 e. The molecule has 0 aliphatic carbocycles. The summed E-state index contributed by atoms with van der Waals surface area (Å²) in [5, 5.41) is 3.42. The minimum absolute atomic E-state index is 0.911. The van der Waals surface area contributed by atoms with Crippen molar-refractivity contribution in [2.45, 2.75) is 26.8 Å². The zero-order chi connectivity index (χ0) is 14.3. The van der Waals surface area contributed by atoms with Crippen LogP contribution >= 0.6 is 0 Å². The Morgan fingerprint density at radius 2 is 1.89 bits per heavy atom. The van der Waals surface area contributed by atoms with Crippen LogP contribution in [0.5, 0.6) is 0 Å². The number of anilines is 1. The standard InChI is InChI=1S/C15H28N4/c1-6-9-16-12-14-7-8-15(17-13(14)2)19(5)11-10-18(3)4/h7-8,16H,6,9-12H2,1-5H3. The molecule has 108 valence electrons. The van der Waals surface area contributed by atoms with Gasteiger partial charge in [0.05, 0.1) is 0 Å². The van der Waals surface area contributed by atoms with Crippen LogP contribution in [0.4, 0.5) is 5.82 Å². The summed E-state index contributed by atoms with van der Waals surface area (Å²) in [6.07, 6.45) is 1.16. The third-order valence-corrected chi connectivity index (χ3v) is 3.20. The van der Waals surface area contributed by atoms with E-state index in [1.165, 1.54) is 5.56 Å². The number of hydrogen-bond donors (Lipinski definition) is 1. The van der Waals surface area contributed by atoms with Gasteiger partial charge in [-0.2, -0.15) is 0 Å². The molecule has 1 aromatic rings. The molecule has 0 radical (unpaired) electrons. The van der Waals surface area contributed by atoms with Crippen LogP contribution in [0, 0.1) is 6.92 Å². The van der Waals surface area contributed by atoms with Crippen LogP contribution in [-0.2, 0) is 6.54 Å². The fraction of sp³-hybridized carbons (Fsp3) is 0.667. The van der Waals surface area contributed by atoms with Crippen molar-refractivity contribution in [3.05, 3.63) is 23.4 Å². The molecule has 4 nitrogen and oxygen atoms in total. The molecule has 0 aliphatic rings. The Hall–Kier alpha value is -1.13. The van der Waals surface area contributed by atoms with Gasteiger partial charge in [0.2, 0.25) is 0 Å². The smallest absolute Gasteiger partial charge is 0.128 e. The van der Waals surface area contributed by atoms with Gasteiger partial charge >= 0.3 is 0 Å². The van der Waals surface area contributed by atoms with Gasteiger partial charge in [0.25, 0.3) is 0 Å². The zero-order valence-electron chi connectivity index (χ0n) is 13.0. The fourth-order valence-corrected chi connectivity index (χ4v) is 1.84. The number of likely N-dealkylation sites (N-methyl/N-ethyl adjacent to an activating group) is 2. The lowest BCUT2D eigenvalue weighted by Gasteiger charge is -2.21. The van der Waals surface area contributed by atoms with Crippen LogP contribution in [0.3, 0.4) is 0 Å². The molecule has 0 saturated carbocycles. The molecule has 19 heavy (non-hydrogen) atoms. The maximum Gasteiger partial charge on any atom is 0.128 e. The molecule has 1 N–H and O–H groups in total. The lowest BCUT2D eigenvalue weighted by atomic mass is 10.2. The van der Waals surface area contributed by atoms with Crippen LogP contribution in [0.1, 0.15) is 24.6 Å². The number of nitrogens with zero attached hydrogens (tertiary/aromatic N) is 3. The Bertz CT molecular complexity index is 376. The van der Waals surface area contributed by atoms with E-state index in [4.69, 9.17) is 4.98 Å². The number of hydrogen-bond acceptors (Lipinski definition) is 4. The number of nitrogens with one attached hydrogen (secondary N) is 1. The molecule has 0 aliphatic heterocycles. The van der Waals surface area contributed by atoms with Crippen molar-refractivity contribution in [2.75, 3.05) is 45.7 Å². The van der Waals surface area contributed by atoms with Gasteiger partial charge in [-0.3, -0.25) is 0 Å². The second-order valence-corrected chi connectivity index (χ2v) is 5.32. The fourth-order valence-electron chi connectivity index (χ4n) is 1.84. The summed E-state index contributed by atoms with van der Waals surface area (Å²) in [6, 6.07) is 4.30. The molecule has 0 fully saturated rings. The van der Waals surface area contributed by atoms with Gasteiger partial charge in [0.15, 0.2) is 0 Å².